The number of carbonyl (C=O) groups is 1. The zero-order valence-corrected chi connectivity index (χ0v) is 15.3. The van der Waals surface area contributed by atoms with Gasteiger partial charge in [0.25, 0.3) is 0 Å². The number of benzene rings is 1. The SMILES string of the molecule is CC(=O)N1C[C@H]2CN(c3ncccc3Cl)C[C@H]2[C@H]1c1ccccc1C. The minimum absolute atomic E-state index is 0.135. The molecule has 2 saturated heterocycles. The summed E-state index contributed by atoms with van der Waals surface area (Å²) in [4.78, 5) is 21.1. The molecule has 0 aliphatic carbocycles. The molecule has 3 heterocycles. The van der Waals surface area contributed by atoms with Crippen molar-refractivity contribution in [2.45, 2.75) is 19.9 Å². The lowest BCUT2D eigenvalue weighted by molar-refractivity contribution is -0.130. The van der Waals surface area contributed by atoms with E-state index in [-0.39, 0.29) is 11.9 Å². The van der Waals surface area contributed by atoms with Gasteiger partial charge in [-0.05, 0) is 30.2 Å². The molecule has 0 radical (unpaired) electrons. The molecule has 0 spiro atoms. The van der Waals surface area contributed by atoms with Crippen LogP contribution >= 0.6 is 11.6 Å². The first-order valence-corrected chi connectivity index (χ1v) is 9.12. The predicted molar refractivity (Wildman–Crippen MR) is 99.7 cm³/mol. The molecule has 2 aliphatic rings. The van der Waals surface area contributed by atoms with Crippen molar-refractivity contribution in [1.82, 2.24) is 9.88 Å². The number of carbonyl (C=O) groups excluding carboxylic acids is 1. The molecule has 5 heteroatoms. The van der Waals surface area contributed by atoms with E-state index >= 15 is 0 Å². The van der Waals surface area contributed by atoms with Crippen LogP contribution in [0.4, 0.5) is 5.82 Å². The van der Waals surface area contributed by atoms with Crippen molar-refractivity contribution in [3.05, 3.63) is 58.7 Å². The molecule has 25 heavy (non-hydrogen) atoms. The maximum Gasteiger partial charge on any atom is 0.219 e. The number of amides is 1. The maximum absolute atomic E-state index is 12.3. The summed E-state index contributed by atoms with van der Waals surface area (Å²) < 4.78 is 0. The first kappa shape index (κ1) is 16.4. The third-order valence-electron chi connectivity index (χ3n) is 5.61. The van der Waals surface area contributed by atoms with Gasteiger partial charge in [0.15, 0.2) is 0 Å². The highest BCUT2D eigenvalue weighted by molar-refractivity contribution is 6.32. The summed E-state index contributed by atoms with van der Waals surface area (Å²) in [6, 6.07) is 12.3. The van der Waals surface area contributed by atoms with Crippen molar-refractivity contribution in [3.8, 4) is 0 Å². The molecule has 0 unspecified atom stereocenters. The van der Waals surface area contributed by atoms with Gasteiger partial charge >= 0.3 is 0 Å². The number of anilines is 1. The Balaban J connectivity index is 1.67. The molecule has 1 aromatic heterocycles. The minimum Gasteiger partial charge on any atom is -0.355 e. The fraction of sp³-hybridized carbons (Fsp3) is 0.400. The first-order chi connectivity index (χ1) is 12.1. The zero-order chi connectivity index (χ0) is 17.6. The van der Waals surface area contributed by atoms with Crippen molar-refractivity contribution < 1.29 is 4.79 Å². The van der Waals surface area contributed by atoms with Crippen molar-refractivity contribution >= 4 is 23.3 Å². The van der Waals surface area contributed by atoms with Gasteiger partial charge in [0.05, 0.1) is 11.1 Å². The number of halogens is 1. The van der Waals surface area contributed by atoms with Gasteiger partial charge in [0.2, 0.25) is 5.91 Å². The van der Waals surface area contributed by atoms with E-state index in [9.17, 15) is 4.79 Å². The van der Waals surface area contributed by atoms with Gasteiger partial charge in [-0.2, -0.15) is 0 Å². The Kier molecular flexibility index (Phi) is 4.16. The van der Waals surface area contributed by atoms with Crippen LogP contribution in [-0.4, -0.2) is 35.4 Å². The van der Waals surface area contributed by atoms with Crippen LogP contribution < -0.4 is 4.90 Å². The Morgan fingerprint density at radius 2 is 1.96 bits per heavy atom. The fourth-order valence-corrected chi connectivity index (χ4v) is 4.71. The van der Waals surface area contributed by atoms with E-state index in [0.717, 1.165) is 25.5 Å². The Morgan fingerprint density at radius 3 is 2.68 bits per heavy atom. The molecular formula is C20H22ClN3O. The maximum atomic E-state index is 12.3. The molecule has 0 bridgehead atoms. The molecule has 0 saturated carbocycles. The fourth-order valence-electron chi connectivity index (χ4n) is 4.47. The molecule has 3 atom stereocenters. The molecular weight excluding hydrogens is 334 g/mol. The molecule has 1 amide bonds. The Labute approximate surface area is 153 Å². The van der Waals surface area contributed by atoms with Crippen LogP contribution in [0.15, 0.2) is 42.6 Å². The number of likely N-dealkylation sites (tertiary alicyclic amines) is 1. The van der Waals surface area contributed by atoms with E-state index in [1.54, 1.807) is 13.1 Å². The molecule has 1 aromatic carbocycles. The van der Waals surface area contributed by atoms with Crippen LogP contribution in [0.25, 0.3) is 0 Å². The van der Waals surface area contributed by atoms with Gasteiger partial charge in [0, 0.05) is 44.6 Å². The highest BCUT2D eigenvalue weighted by Crippen LogP contribution is 2.47. The van der Waals surface area contributed by atoms with E-state index in [2.05, 4.69) is 46.0 Å². The van der Waals surface area contributed by atoms with E-state index in [4.69, 9.17) is 11.6 Å². The summed E-state index contributed by atoms with van der Waals surface area (Å²) in [5.74, 6) is 1.87. The lowest BCUT2D eigenvalue weighted by Crippen LogP contribution is -2.34. The van der Waals surface area contributed by atoms with Crippen LogP contribution in [-0.2, 0) is 4.79 Å². The van der Waals surface area contributed by atoms with Crippen LogP contribution in [0.3, 0.4) is 0 Å². The third-order valence-corrected chi connectivity index (χ3v) is 5.91. The number of fused-ring (bicyclic) bond motifs is 1. The monoisotopic (exact) mass is 355 g/mol. The second-order valence-electron chi connectivity index (χ2n) is 7.11. The van der Waals surface area contributed by atoms with Crippen molar-refractivity contribution in [2.24, 2.45) is 11.8 Å². The van der Waals surface area contributed by atoms with E-state index in [1.807, 2.05) is 12.1 Å². The number of nitrogens with zero attached hydrogens (tertiary/aromatic N) is 3. The summed E-state index contributed by atoms with van der Waals surface area (Å²) in [5.41, 5.74) is 2.51. The standard InChI is InChI=1S/C20H22ClN3O/c1-13-6-3-4-7-16(13)19-17-12-23(20-18(21)8-5-9-22-20)10-15(17)11-24(19)14(2)25/h3-9,15,17,19H,10-12H2,1-2H3/t15-,17-,19-/m1/s1. The number of aryl methyl sites for hydroxylation is 1. The largest absolute Gasteiger partial charge is 0.355 e. The molecule has 4 rings (SSSR count). The summed E-state index contributed by atoms with van der Waals surface area (Å²) >= 11 is 6.35. The van der Waals surface area contributed by atoms with Crippen LogP contribution in [0.1, 0.15) is 24.1 Å². The second kappa shape index (κ2) is 6.34. The topological polar surface area (TPSA) is 36.4 Å². The zero-order valence-electron chi connectivity index (χ0n) is 14.5. The Morgan fingerprint density at radius 1 is 1.16 bits per heavy atom. The summed E-state index contributed by atoms with van der Waals surface area (Å²) in [6.45, 7) is 6.39. The normalized spacial score (nSPS) is 25.3. The molecule has 0 N–H and O–H groups in total. The summed E-state index contributed by atoms with van der Waals surface area (Å²) in [7, 11) is 0. The number of aromatic nitrogens is 1. The number of rotatable bonds is 2. The molecule has 2 fully saturated rings. The van der Waals surface area contributed by atoms with Crippen molar-refractivity contribution in [3.63, 3.8) is 0 Å². The van der Waals surface area contributed by atoms with Crippen LogP contribution in [0.2, 0.25) is 5.02 Å². The van der Waals surface area contributed by atoms with Gasteiger partial charge in [-0.25, -0.2) is 4.98 Å². The molecule has 2 aromatic rings. The predicted octanol–water partition coefficient (Wildman–Crippen LogP) is 3.70. The van der Waals surface area contributed by atoms with Gasteiger partial charge in [0.1, 0.15) is 5.82 Å². The number of hydrogen-bond acceptors (Lipinski definition) is 3. The first-order valence-electron chi connectivity index (χ1n) is 8.74. The van der Waals surface area contributed by atoms with Gasteiger partial charge in [-0.15, -0.1) is 0 Å². The lowest BCUT2D eigenvalue weighted by atomic mass is 9.87. The highest BCUT2D eigenvalue weighted by Gasteiger charge is 2.49. The van der Waals surface area contributed by atoms with Crippen molar-refractivity contribution in [1.29, 1.82) is 0 Å². The molecule has 2 aliphatic heterocycles. The van der Waals surface area contributed by atoms with Crippen LogP contribution in [0.5, 0.6) is 0 Å². The van der Waals surface area contributed by atoms with E-state index < -0.39 is 0 Å². The number of hydrogen-bond donors (Lipinski definition) is 0. The van der Waals surface area contributed by atoms with Crippen molar-refractivity contribution in [2.75, 3.05) is 24.5 Å². The minimum atomic E-state index is 0.135. The highest BCUT2D eigenvalue weighted by atomic mass is 35.5. The van der Waals surface area contributed by atoms with Gasteiger partial charge in [-0.3, -0.25) is 4.79 Å². The van der Waals surface area contributed by atoms with Gasteiger partial charge < -0.3 is 9.80 Å². The lowest BCUT2D eigenvalue weighted by Gasteiger charge is -2.30. The van der Waals surface area contributed by atoms with Gasteiger partial charge in [-0.1, -0.05) is 35.9 Å². The Bertz CT molecular complexity index is 809. The summed E-state index contributed by atoms with van der Waals surface area (Å²) in [5, 5.41) is 0.693. The smallest absolute Gasteiger partial charge is 0.219 e. The molecule has 130 valence electrons. The van der Waals surface area contributed by atoms with E-state index in [1.165, 1.54) is 11.1 Å². The second-order valence-corrected chi connectivity index (χ2v) is 7.52. The molecule has 4 nitrogen and oxygen atoms in total. The average Bonchev–Trinajstić information content (AvgIpc) is 3.14. The number of pyridine rings is 1. The quantitative estimate of drug-likeness (QED) is 0.824. The summed E-state index contributed by atoms with van der Waals surface area (Å²) in [6.07, 6.45) is 1.79. The average molecular weight is 356 g/mol. The third kappa shape index (κ3) is 2.78. The Hall–Kier alpha value is -2.07. The van der Waals surface area contributed by atoms with Crippen LogP contribution in [0, 0.1) is 18.8 Å². The van der Waals surface area contributed by atoms with E-state index in [0.29, 0.717) is 16.9 Å².